The van der Waals surface area contributed by atoms with E-state index in [2.05, 4.69) is 85.2 Å². The number of aliphatic hydroxyl groups is 1. The molecule has 1 aromatic heterocycles. The van der Waals surface area contributed by atoms with E-state index >= 15 is 9.59 Å². The molecular weight excluding hydrogens is 1760 g/mol. The minimum Gasteiger partial charge on any atom is -0.508 e. The number of hydrogen-bond acceptors (Lipinski definition) is 31. The van der Waals surface area contributed by atoms with Crippen molar-refractivity contribution in [2.24, 2.45) is 23.3 Å². The number of allylic oxidation sites excluding steroid dienone is 2. The lowest BCUT2D eigenvalue weighted by Crippen LogP contribution is -2.64. The van der Waals surface area contributed by atoms with E-state index in [9.17, 15) is 82.1 Å². The van der Waals surface area contributed by atoms with E-state index in [1.165, 1.54) is 46.8 Å². The third-order valence-corrected chi connectivity index (χ3v) is 24.9. The first-order valence-electron chi connectivity index (χ1n) is 48.3. The van der Waals surface area contributed by atoms with Crippen LogP contribution in [0.5, 0.6) is 5.75 Å². The number of unbranched alkanes of at least 4 members (excludes halogenated alkanes) is 1. The van der Waals surface area contributed by atoms with Crippen LogP contribution in [0.4, 0.5) is 0 Å². The van der Waals surface area contributed by atoms with Crippen molar-refractivity contribution in [1.82, 2.24) is 85.2 Å². The number of benzene rings is 3. The van der Waals surface area contributed by atoms with Crippen molar-refractivity contribution >= 4 is 110 Å². The predicted molar refractivity (Wildman–Crippen MR) is 523 cm³/mol. The predicted octanol–water partition coefficient (Wildman–Crippen LogP) is 3.04. The fourth-order valence-electron chi connectivity index (χ4n) is 15.7. The minimum atomic E-state index is -1.77. The summed E-state index contributed by atoms with van der Waals surface area (Å²) in [6.45, 7) is 21.3. The number of fused-ring (bicyclic) bond motifs is 1. The molecule has 5 rings (SSSR count). The molecule has 0 radical (unpaired) electrons. The molecule has 4 aromatic rings. The molecule has 758 valence electrons. The van der Waals surface area contributed by atoms with E-state index < -0.39 is 210 Å². The summed E-state index contributed by atoms with van der Waals surface area (Å²) in [7, 11) is 0. The number of nitrogens with two attached hydrogens (primary N) is 2. The zero-order valence-electron chi connectivity index (χ0n) is 82.5. The molecule has 3 aromatic carbocycles. The zero-order chi connectivity index (χ0) is 102. The van der Waals surface area contributed by atoms with E-state index in [1.807, 2.05) is 65.0 Å². The monoisotopic (exact) mass is 1910 g/mol. The molecule has 22 N–H and O–H groups in total. The molecule has 0 spiro atoms. The van der Waals surface area contributed by atoms with Crippen LogP contribution in [0.15, 0.2) is 97.2 Å². The van der Waals surface area contributed by atoms with Crippen molar-refractivity contribution in [3.05, 3.63) is 114 Å². The van der Waals surface area contributed by atoms with Crippen LogP contribution in [0.2, 0.25) is 0 Å². The number of amides is 5. The standard InChI is InChI=1S/C100H154N18O19/c1-15-16-34-75(88(128)56-105-65(9)86(126)53-101)110-59-109-62(6)82(122)42-45-103-63(7)84(124)52-90(130)99(13)43-29-22-20-18-17-19-21-23-30-44-100(14,118-117-78(48-69-31-25-24-26-32-69)94(133)95(134)93(67(11)119)113-97(136)80(46-60(2)3)111-68(12)120)91(131)58-106-66(10)87(127)55-108-79(49-70-36-38-72(121)39-37-70)96(135)112-77(50-71-54-107-74-35-28-27-33-73(71)74)85(125)51-83(123)64(8)104-57-89(129)76(40-41-92(102)132)115-116-81(47-61(4)5)98(137)114-99/h18,20,24-28,31-33,35-39,54,60-67,75-81,93,103-110,115-119,121H,15-17,19,21-23,29-30,34,40-53,55-59,101H2,1-14H3,(H2,102,132)(H,111,120)(H,112,135)(H,113,136)(H,114,137)/b20-18+/t62-,63-,64-,65-,66-,67+,75-,76-,77-,78-,79-,80-,81-,93-,99-,100+/m0/s1. The van der Waals surface area contributed by atoms with Gasteiger partial charge in [-0.25, -0.2) is 21.7 Å². The number of Topliss-reactive ketones (excluding diaryl/α,β-unsaturated/α-hetero) is 12. The summed E-state index contributed by atoms with van der Waals surface area (Å²) in [6.07, 6.45) is 8.05. The second kappa shape index (κ2) is 60.5. The summed E-state index contributed by atoms with van der Waals surface area (Å²) in [6, 6.07) is 7.53. The molecule has 16 atom stereocenters. The number of hydrazine groups is 2. The molecule has 5 amide bonds. The summed E-state index contributed by atoms with van der Waals surface area (Å²) in [5, 5.41) is 54.3. The Bertz CT molecular complexity index is 4680. The van der Waals surface area contributed by atoms with Gasteiger partial charge in [0, 0.05) is 56.5 Å². The van der Waals surface area contributed by atoms with Gasteiger partial charge in [-0.2, -0.15) is 0 Å². The maximum absolute atomic E-state index is 15.1. The number of hydrogen-bond donors (Lipinski definition) is 20. The van der Waals surface area contributed by atoms with E-state index in [0.29, 0.717) is 79.0 Å². The first-order chi connectivity index (χ1) is 64.9. The Hall–Kier alpha value is -10.4. The molecule has 0 saturated heterocycles. The van der Waals surface area contributed by atoms with E-state index in [-0.39, 0.29) is 125 Å². The number of H-pyrrole nitrogens is 1. The average molecular weight is 1910 g/mol. The number of carbonyl (C=O) groups excluding carboxylic acids is 17. The molecule has 0 saturated carbocycles. The number of rotatable bonds is 45. The van der Waals surface area contributed by atoms with Crippen LogP contribution in [0.3, 0.4) is 0 Å². The molecule has 2 heterocycles. The van der Waals surface area contributed by atoms with Gasteiger partial charge < -0.3 is 69.2 Å². The lowest BCUT2D eigenvalue weighted by Gasteiger charge is -2.33. The highest BCUT2D eigenvalue weighted by atomic mass is 16.3. The first-order valence-corrected chi connectivity index (χ1v) is 48.3. The van der Waals surface area contributed by atoms with Crippen molar-refractivity contribution in [3.8, 4) is 5.75 Å². The Morgan fingerprint density at radius 1 is 0.584 bits per heavy atom. The van der Waals surface area contributed by atoms with Crippen LogP contribution in [0, 0.1) is 11.8 Å². The Morgan fingerprint density at radius 2 is 1.22 bits per heavy atom. The molecule has 1 aliphatic rings. The van der Waals surface area contributed by atoms with Gasteiger partial charge in [-0.05, 0) is 179 Å². The number of phenols is 1. The van der Waals surface area contributed by atoms with Gasteiger partial charge in [0.25, 0.3) is 0 Å². The van der Waals surface area contributed by atoms with Crippen molar-refractivity contribution in [2.75, 3.05) is 45.9 Å². The topological polar surface area (TPSA) is 579 Å². The quantitative estimate of drug-likeness (QED) is 0.00994. The number of carbonyl (C=O) groups is 17. The Labute approximate surface area is 805 Å². The zero-order valence-corrected chi connectivity index (χ0v) is 82.5. The molecular formula is C100H154N18O19. The van der Waals surface area contributed by atoms with Crippen molar-refractivity contribution in [3.63, 3.8) is 0 Å². The smallest absolute Gasteiger partial charge is 0.243 e. The first kappa shape index (κ1) is 117. The maximum Gasteiger partial charge on any atom is 0.243 e. The summed E-state index contributed by atoms with van der Waals surface area (Å²) in [5.41, 5.74) is 22.3. The average Bonchev–Trinajstić information content (AvgIpc) is 1.75. The highest BCUT2D eigenvalue weighted by Crippen LogP contribution is 2.25. The summed E-state index contributed by atoms with van der Waals surface area (Å²) >= 11 is 0. The fraction of sp³-hybridized carbons (Fsp3) is 0.610. The van der Waals surface area contributed by atoms with E-state index in [0.717, 1.165) is 12.8 Å². The molecule has 0 unspecified atom stereocenters. The van der Waals surface area contributed by atoms with E-state index in [4.69, 9.17) is 11.5 Å². The Kier molecular flexibility index (Phi) is 51.7. The number of aliphatic hydroxyl groups excluding tert-OH is 1. The second-order valence-corrected chi connectivity index (χ2v) is 37.6. The van der Waals surface area contributed by atoms with E-state index in [1.54, 1.807) is 82.4 Å². The lowest BCUT2D eigenvalue weighted by atomic mass is 9.86. The van der Waals surface area contributed by atoms with Gasteiger partial charge in [0.2, 0.25) is 41.1 Å². The summed E-state index contributed by atoms with van der Waals surface area (Å²) in [4.78, 5) is 242. The van der Waals surface area contributed by atoms with Gasteiger partial charge in [-0.3, -0.25) is 97.5 Å². The number of aromatic amines is 1. The number of ketones is 12. The van der Waals surface area contributed by atoms with Crippen molar-refractivity contribution in [1.29, 1.82) is 0 Å². The van der Waals surface area contributed by atoms with Crippen LogP contribution in [-0.2, 0) is 101 Å². The van der Waals surface area contributed by atoms with Gasteiger partial charge in [0.05, 0.1) is 123 Å². The third kappa shape index (κ3) is 41.7. The largest absolute Gasteiger partial charge is 0.508 e. The summed E-state index contributed by atoms with van der Waals surface area (Å²) in [5.74, 6) is -10.8. The molecule has 0 bridgehead atoms. The van der Waals surface area contributed by atoms with Crippen molar-refractivity contribution < 1.29 is 91.7 Å². The Morgan fingerprint density at radius 3 is 1.88 bits per heavy atom. The third-order valence-electron chi connectivity index (χ3n) is 24.9. The van der Waals surface area contributed by atoms with Gasteiger partial charge in [-0.1, -0.05) is 140 Å². The molecule has 0 aliphatic carbocycles. The van der Waals surface area contributed by atoms with Gasteiger partial charge in [-0.15, -0.1) is 0 Å². The van der Waals surface area contributed by atoms with Crippen LogP contribution in [0.1, 0.15) is 236 Å². The van der Waals surface area contributed by atoms with Crippen LogP contribution >= 0.6 is 0 Å². The minimum absolute atomic E-state index is 0.0111. The maximum atomic E-state index is 15.1. The summed E-state index contributed by atoms with van der Waals surface area (Å²) < 4.78 is 0. The molecule has 137 heavy (non-hydrogen) atoms. The number of primary amides is 1. The highest BCUT2D eigenvalue weighted by molar-refractivity contribution is 6.41. The van der Waals surface area contributed by atoms with Crippen molar-refractivity contribution in [2.45, 2.75) is 334 Å². The number of aromatic hydroxyl groups is 1. The Balaban J connectivity index is 1.49. The van der Waals surface area contributed by atoms with Crippen LogP contribution in [0.25, 0.3) is 10.9 Å². The molecule has 1 aliphatic heterocycles. The fourth-order valence-corrected chi connectivity index (χ4v) is 15.7. The van der Waals surface area contributed by atoms with Gasteiger partial charge in [0.1, 0.15) is 23.9 Å². The highest BCUT2D eigenvalue weighted by Gasteiger charge is 2.42. The number of phenolic OH excluding ortho intramolecular Hbond substituents is 1. The second-order valence-electron chi connectivity index (χ2n) is 37.6. The number of para-hydroxylation sites is 1. The van der Waals surface area contributed by atoms with Gasteiger partial charge in [0.15, 0.2) is 57.8 Å². The SMILES string of the molecule is CCCC[C@H](NCN[C@@H](C)C(=O)CCN[C@@H](C)C(=O)CC(=O)[C@]1(C)CCC/C=C/CCCCCC[C@@](C)(NN[C@@H](Cc2ccccc2)C(=O)C(=O)[C@@H](NC(=O)[C@H](CC(C)C)NC(C)=O)[C@@H](C)O)C(=O)CN[C@@H](C)C(=O)CN[C@@H](Cc2ccc(O)cc2)C(=O)N[C@@H](Cc2c[nH]c3ccccc23)C(=O)CC(=O)[C@H](C)NCC(=O)[C@H](CCC(N)=O)NN[C@@H](CC(C)C)C(=O)N1)C(=O)CN[C@@H](C)C(=O)CN. The van der Waals surface area contributed by atoms with Crippen LogP contribution < -0.4 is 91.7 Å². The normalized spacial score (nSPS) is 22.4. The number of nitrogens with one attached hydrogen (secondary N) is 16. The lowest BCUT2D eigenvalue weighted by molar-refractivity contribution is -0.142. The van der Waals surface area contributed by atoms with Crippen LogP contribution in [-0.4, -0.2) is 256 Å². The molecule has 37 nitrogen and oxygen atoms in total. The van der Waals surface area contributed by atoms with Gasteiger partial charge >= 0.3 is 0 Å². The number of aromatic nitrogens is 1. The molecule has 37 heteroatoms. The molecule has 0 fully saturated rings.